The van der Waals surface area contributed by atoms with E-state index in [4.69, 9.17) is 6.57 Å². The van der Waals surface area contributed by atoms with Gasteiger partial charge >= 0.3 is 0 Å². The fraction of sp³-hybridized carbons (Fsp3) is 0.0833. The summed E-state index contributed by atoms with van der Waals surface area (Å²) in [6.07, 6.45) is 8.27. The topological polar surface area (TPSA) is 73.0 Å². The van der Waals surface area contributed by atoms with Crippen LogP contribution >= 0.6 is 0 Å². The Bertz CT molecular complexity index is 1270. The number of carbonyl (C=O) groups excluding carboxylic acids is 1. The summed E-state index contributed by atoms with van der Waals surface area (Å²) >= 11 is 0. The smallest absolute Gasteiger partial charge is 0.213 e. The lowest BCUT2D eigenvalue weighted by molar-refractivity contribution is -0.117. The molecule has 0 amide bonds. The highest BCUT2D eigenvalue weighted by molar-refractivity contribution is 5.85. The zero-order chi connectivity index (χ0) is 21.6. The van der Waals surface area contributed by atoms with Crippen LogP contribution in [0.2, 0.25) is 0 Å². The molecule has 0 N–H and O–H groups in total. The number of ketones is 1. The summed E-state index contributed by atoms with van der Waals surface area (Å²) in [5.74, 6) is -0.621. The molecule has 1 aromatic carbocycles. The molecule has 3 heterocycles. The number of Topliss-reactive ketones (excluding diaryl/α,β-unsaturated/α-hetero) is 1. The molecule has 0 saturated heterocycles. The Morgan fingerprint density at radius 1 is 0.903 bits per heavy atom. The maximum Gasteiger partial charge on any atom is 0.213 e. The van der Waals surface area contributed by atoms with Gasteiger partial charge in [0.2, 0.25) is 5.95 Å². The molecule has 3 aromatic heterocycles. The van der Waals surface area contributed by atoms with E-state index in [2.05, 4.69) is 24.8 Å². The zero-order valence-corrected chi connectivity index (χ0v) is 16.4. The number of rotatable bonds is 6. The molecular weight excluding hydrogens is 393 g/mol. The van der Waals surface area contributed by atoms with Gasteiger partial charge in [-0.3, -0.25) is 19.7 Å². The fourth-order valence-corrected chi connectivity index (χ4v) is 3.21. The molecule has 0 aliphatic rings. The van der Waals surface area contributed by atoms with Crippen LogP contribution in [0.15, 0.2) is 73.4 Å². The minimum atomic E-state index is -0.606. The van der Waals surface area contributed by atoms with Crippen LogP contribution in [0.3, 0.4) is 0 Å². The standard InChI is InChI=1S/C24H16FN5O/c1-26-22-11-16(2-5-21(22)17-6-7-29-24(25)12-17)10-20(31)13-19-4-3-18(14-30-19)23-15-27-8-9-28-23/h2-9,11-12,14-15H,10,13H2. The van der Waals surface area contributed by atoms with Gasteiger partial charge in [0.1, 0.15) is 5.78 Å². The molecule has 0 saturated carbocycles. The molecule has 0 spiro atoms. The second kappa shape index (κ2) is 9.01. The molecule has 0 radical (unpaired) electrons. The zero-order valence-electron chi connectivity index (χ0n) is 16.4. The van der Waals surface area contributed by atoms with Crippen LogP contribution in [0.4, 0.5) is 10.1 Å². The van der Waals surface area contributed by atoms with Crippen LogP contribution in [0.25, 0.3) is 27.2 Å². The van der Waals surface area contributed by atoms with Gasteiger partial charge in [-0.15, -0.1) is 0 Å². The van der Waals surface area contributed by atoms with Crippen LogP contribution < -0.4 is 0 Å². The molecule has 0 aliphatic heterocycles. The van der Waals surface area contributed by atoms with E-state index in [-0.39, 0.29) is 18.6 Å². The largest absolute Gasteiger partial charge is 0.299 e. The van der Waals surface area contributed by atoms with Crippen LogP contribution in [-0.4, -0.2) is 25.7 Å². The van der Waals surface area contributed by atoms with Crippen molar-refractivity contribution in [1.29, 1.82) is 0 Å². The van der Waals surface area contributed by atoms with E-state index in [1.807, 2.05) is 6.07 Å². The Morgan fingerprint density at radius 3 is 2.52 bits per heavy atom. The van der Waals surface area contributed by atoms with Gasteiger partial charge in [-0.25, -0.2) is 9.83 Å². The minimum Gasteiger partial charge on any atom is -0.299 e. The monoisotopic (exact) mass is 409 g/mol. The van der Waals surface area contributed by atoms with Gasteiger partial charge in [-0.1, -0.05) is 23.8 Å². The van der Waals surface area contributed by atoms with E-state index in [0.29, 0.717) is 28.2 Å². The summed E-state index contributed by atoms with van der Waals surface area (Å²) in [6, 6.07) is 11.8. The van der Waals surface area contributed by atoms with Crippen molar-refractivity contribution >= 4 is 11.5 Å². The van der Waals surface area contributed by atoms with E-state index >= 15 is 0 Å². The SMILES string of the molecule is [C-]#[N+]c1cc(CC(=O)Cc2ccc(-c3cnccn3)cn2)ccc1-c1ccnc(F)c1. The molecule has 0 atom stereocenters. The molecule has 6 nitrogen and oxygen atoms in total. The first-order valence-electron chi connectivity index (χ1n) is 9.48. The van der Waals surface area contributed by atoms with E-state index in [1.54, 1.807) is 55.1 Å². The molecule has 0 aliphatic carbocycles. The highest BCUT2D eigenvalue weighted by Gasteiger charge is 2.11. The van der Waals surface area contributed by atoms with E-state index in [9.17, 15) is 9.18 Å². The number of halogens is 1. The lowest BCUT2D eigenvalue weighted by Crippen LogP contribution is -2.08. The predicted octanol–water partition coefficient (Wildman–Crippen LogP) is 4.64. The maximum absolute atomic E-state index is 13.4. The third-order valence-corrected chi connectivity index (χ3v) is 4.68. The summed E-state index contributed by atoms with van der Waals surface area (Å²) in [5, 5.41) is 0. The number of hydrogen-bond donors (Lipinski definition) is 0. The average Bonchev–Trinajstić information content (AvgIpc) is 2.80. The number of aromatic nitrogens is 4. The Hall–Kier alpha value is -4.31. The molecule has 0 fully saturated rings. The molecule has 7 heteroatoms. The second-order valence-electron chi connectivity index (χ2n) is 6.85. The number of benzene rings is 1. The van der Waals surface area contributed by atoms with Crippen molar-refractivity contribution < 1.29 is 9.18 Å². The van der Waals surface area contributed by atoms with Crippen LogP contribution in [0, 0.1) is 12.5 Å². The minimum absolute atomic E-state index is 0.0154. The Morgan fingerprint density at radius 2 is 1.81 bits per heavy atom. The number of hydrogen-bond acceptors (Lipinski definition) is 5. The van der Waals surface area contributed by atoms with Crippen molar-refractivity contribution in [3.63, 3.8) is 0 Å². The van der Waals surface area contributed by atoms with E-state index in [1.165, 1.54) is 12.3 Å². The first-order chi connectivity index (χ1) is 15.1. The normalized spacial score (nSPS) is 10.5. The van der Waals surface area contributed by atoms with Gasteiger partial charge in [0.05, 0.1) is 18.5 Å². The molecular formula is C24H16FN5O. The molecule has 4 rings (SSSR count). The molecule has 0 unspecified atom stereocenters. The summed E-state index contributed by atoms with van der Waals surface area (Å²) < 4.78 is 13.4. The highest BCUT2D eigenvalue weighted by atomic mass is 19.1. The quantitative estimate of drug-likeness (QED) is 0.343. The van der Waals surface area contributed by atoms with Crippen LogP contribution in [0.5, 0.6) is 0 Å². The number of carbonyl (C=O) groups is 1. The van der Waals surface area contributed by atoms with Gasteiger partial charge in [-0.2, -0.15) is 4.39 Å². The van der Waals surface area contributed by atoms with Crippen LogP contribution in [-0.2, 0) is 17.6 Å². The van der Waals surface area contributed by atoms with Gasteiger partial charge in [0.15, 0.2) is 5.69 Å². The Balaban J connectivity index is 1.46. The van der Waals surface area contributed by atoms with Gasteiger partial charge in [-0.05, 0) is 35.4 Å². The first kappa shape index (κ1) is 20.0. The molecule has 31 heavy (non-hydrogen) atoms. The number of nitrogens with zero attached hydrogens (tertiary/aromatic N) is 5. The molecule has 150 valence electrons. The third kappa shape index (κ3) is 4.82. The predicted molar refractivity (Wildman–Crippen MR) is 114 cm³/mol. The van der Waals surface area contributed by atoms with Crippen molar-refractivity contribution in [2.45, 2.75) is 12.8 Å². The van der Waals surface area contributed by atoms with Crippen molar-refractivity contribution in [2.75, 3.05) is 0 Å². The van der Waals surface area contributed by atoms with Gasteiger partial charge in [0, 0.05) is 48.9 Å². The first-order valence-corrected chi connectivity index (χ1v) is 9.48. The van der Waals surface area contributed by atoms with Gasteiger partial charge in [0.25, 0.3) is 0 Å². The van der Waals surface area contributed by atoms with E-state index < -0.39 is 5.95 Å². The van der Waals surface area contributed by atoms with Gasteiger partial charge < -0.3 is 0 Å². The number of pyridine rings is 2. The van der Waals surface area contributed by atoms with E-state index in [0.717, 1.165) is 11.1 Å². The van der Waals surface area contributed by atoms with Crippen LogP contribution in [0.1, 0.15) is 11.3 Å². The maximum atomic E-state index is 13.4. The van der Waals surface area contributed by atoms with Crippen molar-refractivity contribution in [3.8, 4) is 22.4 Å². The van der Waals surface area contributed by atoms with Crippen molar-refractivity contribution in [3.05, 3.63) is 102 Å². The lowest BCUT2D eigenvalue weighted by Gasteiger charge is -2.08. The fourth-order valence-electron chi connectivity index (χ4n) is 3.21. The van der Waals surface area contributed by atoms with Crippen molar-refractivity contribution in [2.24, 2.45) is 0 Å². The highest BCUT2D eigenvalue weighted by Crippen LogP contribution is 2.31. The Kier molecular flexibility index (Phi) is 5.81. The lowest BCUT2D eigenvalue weighted by atomic mass is 9.99. The molecule has 0 bridgehead atoms. The van der Waals surface area contributed by atoms with Crippen molar-refractivity contribution in [1.82, 2.24) is 19.9 Å². The summed E-state index contributed by atoms with van der Waals surface area (Å²) in [5.41, 5.74) is 4.47. The summed E-state index contributed by atoms with van der Waals surface area (Å²) in [6.45, 7) is 7.45. The Labute approximate surface area is 178 Å². The summed E-state index contributed by atoms with van der Waals surface area (Å²) in [4.78, 5) is 32.2. The summed E-state index contributed by atoms with van der Waals surface area (Å²) in [7, 11) is 0. The average molecular weight is 409 g/mol. The molecule has 4 aromatic rings. The third-order valence-electron chi connectivity index (χ3n) is 4.68. The second-order valence-corrected chi connectivity index (χ2v) is 6.85.